The molecule has 166 valence electrons. The predicted octanol–water partition coefficient (Wildman–Crippen LogP) is 1.63. The van der Waals surface area contributed by atoms with Crippen molar-refractivity contribution in [1.82, 2.24) is 5.32 Å². The zero-order valence-electron chi connectivity index (χ0n) is 17.1. The van der Waals surface area contributed by atoms with Crippen molar-refractivity contribution < 1.29 is 29.6 Å². The molecule has 1 aromatic carbocycles. The number of benzene rings is 1. The Bertz CT molecular complexity index is 710. The Kier molecular flexibility index (Phi) is 10.0. The summed E-state index contributed by atoms with van der Waals surface area (Å²) in [5.41, 5.74) is 9.71. The molecular weight excluding hydrogens is 392 g/mol. The highest BCUT2D eigenvalue weighted by atomic mass is 16.7. The van der Waals surface area contributed by atoms with Crippen molar-refractivity contribution in [3.05, 3.63) is 45.8 Å². The van der Waals surface area contributed by atoms with Gasteiger partial charge in [0.05, 0.1) is 12.6 Å². The number of carbonyl (C=O) groups excluding carboxylic acids is 1. The first kappa shape index (κ1) is 24.1. The second-order valence-electron chi connectivity index (χ2n) is 7.31. The highest BCUT2D eigenvalue weighted by molar-refractivity contribution is 5.94. The van der Waals surface area contributed by atoms with Crippen LogP contribution in [0.4, 0.5) is 0 Å². The van der Waals surface area contributed by atoms with Crippen molar-refractivity contribution >= 4 is 5.91 Å². The summed E-state index contributed by atoms with van der Waals surface area (Å²) < 4.78 is 10.9. The van der Waals surface area contributed by atoms with Crippen LogP contribution in [-0.4, -0.2) is 65.1 Å². The maximum atomic E-state index is 12.1. The van der Waals surface area contributed by atoms with E-state index in [-0.39, 0.29) is 12.5 Å². The van der Waals surface area contributed by atoms with E-state index in [1.807, 2.05) is 0 Å². The number of carbonyl (C=O) groups is 1. The van der Waals surface area contributed by atoms with Crippen LogP contribution >= 0.6 is 0 Å². The molecule has 0 radical (unpaired) electrons. The van der Waals surface area contributed by atoms with E-state index in [0.717, 1.165) is 31.2 Å². The van der Waals surface area contributed by atoms with Gasteiger partial charge in [-0.3, -0.25) is 4.79 Å². The number of aliphatic hydroxyl groups is 3. The van der Waals surface area contributed by atoms with Gasteiger partial charge < -0.3 is 30.1 Å². The Morgan fingerprint density at radius 1 is 1.13 bits per heavy atom. The van der Waals surface area contributed by atoms with E-state index in [4.69, 9.17) is 15.0 Å². The first-order chi connectivity index (χ1) is 14.4. The largest absolute Gasteiger partial charge is 0.388 e. The van der Waals surface area contributed by atoms with E-state index in [1.165, 1.54) is 0 Å². The Hall–Kier alpha value is -2.20. The van der Waals surface area contributed by atoms with Gasteiger partial charge in [-0.2, -0.15) is 0 Å². The molecule has 0 bridgehead atoms. The molecule has 2 rings (SSSR count). The predicted molar refractivity (Wildman–Crippen MR) is 108 cm³/mol. The molecule has 5 atom stereocenters. The van der Waals surface area contributed by atoms with Gasteiger partial charge in [0, 0.05) is 23.6 Å². The first-order valence-electron chi connectivity index (χ1n) is 10.1. The molecule has 0 aliphatic carbocycles. The Morgan fingerprint density at radius 3 is 2.53 bits per heavy atom. The van der Waals surface area contributed by atoms with E-state index in [1.54, 1.807) is 31.2 Å². The number of hydrogen-bond acceptors (Lipinski definition) is 7. The lowest BCUT2D eigenvalue weighted by atomic mass is 10.0. The molecule has 1 saturated heterocycles. The summed E-state index contributed by atoms with van der Waals surface area (Å²) in [5.74, 6) is -0.146. The van der Waals surface area contributed by atoms with E-state index in [0.29, 0.717) is 18.7 Å². The molecular formula is C20H30N4O6. The Morgan fingerprint density at radius 2 is 1.83 bits per heavy atom. The van der Waals surface area contributed by atoms with Crippen molar-refractivity contribution in [1.29, 1.82) is 0 Å². The molecule has 2 unspecified atom stereocenters. The topological polar surface area (TPSA) is 157 Å². The number of aliphatic hydroxyl groups excluding tert-OH is 3. The zero-order chi connectivity index (χ0) is 21.9. The van der Waals surface area contributed by atoms with Crippen molar-refractivity contribution in [2.24, 2.45) is 5.11 Å². The number of nitrogens with one attached hydrogen (secondary N) is 1. The van der Waals surface area contributed by atoms with Crippen molar-refractivity contribution in [2.75, 3.05) is 13.2 Å². The SMILES string of the molecule is CC1O[C@H](OCCCCCCNC(=O)c2ccc(CN=[N+]=[N-])cc2)[C@@H](O)C(O)[C@@H]1O. The fourth-order valence-electron chi connectivity index (χ4n) is 3.11. The summed E-state index contributed by atoms with van der Waals surface area (Å²) in [5, 5.41) is 35.6. The minimum Gasteiger partial charge on any atom is -0.388 e. The van der Waals surface area contributed by atoms with Crippen LogP contribution in [0.15, 0.2) is 29.4 Å². The van der Waals surface area contributed by atoms with E-state index < -0.39 is 30.7 Å². The van der Waals surface area contributed by atoms with Crippen LogP contribution in [0.25, 0.3) is 10.4 Å². The lowest BCUT2D eigenvalue weighted by molar-refractivity contribution is -0.293. The minimum atomic E-state index is -1.29. The van der Waals surface area contributed by atoms with Crippen molar-refractivity contribution in [3.63, 3.8) is 0 Å². The van der Waals surface area contributed by atoms with Gasteiger partial charge in [0.15, 0.2) is 6.29 Å². The van der Waals surface area contributed by atoms with Crippen LogP contribution < -0.4 is 5.32 Å². The van der Waals surface area contributed by atoms with E-state index in [9.17, 15) is 20.1 Å². The summed E-state index contributed by atoms with van der Waals surface area (Å²) in [6, 6.07) is 6.93. The summed E-state index contributed by atoms with van der Waals surface area (Å²) in [6.45, 7) is 2.80. The molecule has 10 heteroatoms. The van der Waals surface area contributed by atoms with E-state index in [2.05, 4.69) is 15.3 Å². The smallest absolute Gasteiger partial charge is 0.251 e. The number of hydrogen-bond donors (Lipinski definition) is 4. The van der Waals surface area contributed by atoms with Crippen molar-refractivity contribution in [3.8, 4) is 0 Å². The van der Waals surface area contributed by atoms with Crippen LogP contribution in [0.3, 0.4) is 0 Å². The van der Waals surface area contributed by atoms with Crippen molar-refractivity contribution in [2.45, 2.75) is 69.9 Å². The number of azide groups is 1. The zero-order valence-corrected chi connectivity index (χ0v) is 17.1. The summed E-state index contributed by atoms with van der Waals surface area (Å²) in [7, 11) is 0. The third-order valence-electron chi connectivity index (χ3n) is 4.98. The van der Waals surface area contributed by atoms with Gasteiger partial charge in [-0.05, 0) is 43.0 Å². The molecule has 30 heavy (non-hydrogen) atoms. The van der Waals surface area contributed by atoms with Gasteiger partial charge in [-0.15, -0.1) is 0 Å². The Labute approximate surface area is 175 Å². The quantitative estimate of drug-likeness (QED) is 0.184. The summed E-state index contributed by atoms with van der Waals surface area (Å²) in [6.07, 6.45) is -1.90. The molecule has 1 amide bonds. The fraction of sp³-hybridized carbons (Fsp3) is 0.650. The van der Waals surface area contributed by atoms with Gasteiger partial charge >= 0.3 is 0 Å². The Balaban J connectivity index is 1.54. The van der Waals surface area contributed by atoms with Crippen LogP contribution in [0.1, 0.15) is 48.5 Å². The van der Waals surface area contributed by atoms with Gasteiger partial charge in [0.25, 0.3) is 5.91 Å². The monoisotopic (exact) mass is 422 g/mol. The first-order valence-corrected chi connectivity index (χ1v) is 10.1. The molecule has 1 heterocycles. The third-order valence-corrected chi connectivity index (χ3v) is 4.98. The summed E-state index contributed by atoms with van der Waals surface area (Å²) >= 11 is 0. The normalized spacial score (nSPS) is 26.1. The number of unbranched alkanes of at least 4 members (excludes halogenated alkanes) is 3. The third kappa shape index (κ3) is 7.24. The molecule has 4 N–H and O–H groups in total. The minimum absolute atomic E-state index is 0.146. The van der Waals surface area contributed by atoms with Gasteiger partial charge in [0.2, 0.25) is 0 Å². The maximum Gasteiger partial charge on any atom is 0.251 e. The number of amides is 1. The lowest BCUT2D eigenvalue weighted by Gasteiger charge is -2.38. The molecule has 0 spiro atoms. The van der Waals surface area contributed by atoms with Crippen LogP contribution in [0.2, 0.25) is 0 Å². The average Bonchev–Trinajstić information content (AvgIpc) is 2.76. The van der Waals surface area contributed by atoms with Gasteiger partial charge in [-0.1, -0.05) is 30.1 Å². The fourth-order valence-corrected chi connectivity index (χ4v) is 3.11. The highest BCUT2D eigenvalue weighted by Gasteiger charge is 2.42. The van der Waals surface area contributed by atoms with Crippen LogP contribution in [-0.2, 0) is 16.0 Å². The number of ether oxygens (including phenoxy) is 2. The lowest BCUT2D eigenvalue weighted by Crippen LogP contribution is -2.57. The molecule has 1 aliphatic heterocycles. The molecule has 0 aromatic heterocycles. The van der Waals surface area contributed by atoms with Gasteiger partial charge in [0.1, 0.15) is 18.3 Å². The molecule has 1 aromatic rings. The second-order valence-corrected chi connectivity index (χ2v) is 7.31. The number of nitrogens with zero attached hydrogens (tertiary/aromatic N) is 3. The molecule has 0 saturated carbocycles. The molecule has 10 nitrogen and oxygen atoms in total. The van der Waals surface area contributed by atoms with Crippen LogP contribution in [0, 0.1) is 0 Å². The second kappa shape index (κ2) is 12.5. The summed E-state index contributed by atoms with van der Waals surface area (Å²) in [4.78, 5) is 14.8. The number of rotatable bonds is 11. The van der Waals surface area contributed by atoms with Gasteiger partial charge in [-0.25, -0.2) is 0 Å². The molecule has 1 aliphatic rings. The van der Waals surface area contributed by atoms with Crippen LogP contribution in [0.5, 0.6) is 0 Å². The highest BCUT2D eigenvalue weighted by Crippen LogP contribution is 2.22. The van der Waals surface area contributed by atoms with E-state index >= 15 is 0 Å². The average molecular weight is 422 g/mol. The molecule has 1 fully saturated rings. The maximum absolute atomic E-state index is 12.1. The standard InChI is InChI=1S/C20H30N4O6/c1-13-16(25)17(26)18(27)20(30-13)29-11-5-3-2-4-10-22-19(28)15-8-6-14(7-9-15)12-23-24-21/h6-9,13,16-18,20,25-27H,2-5,10-12H2,1H3,(H,22,28)/t13?,16-,17?,18+,20+/m1/s1.